The number of rotatable bonds is 5. The van der Waals surface area contributed by atoms with Crippen molar-refractivity contribution < 1.29 is 22.4 Å². The van der Waals surface area contributed by atoms with Crippen molar-refractivity contribution in [2.45, 2.75) is 29.8 Å². The quantitative estimate of drug-likeness (QED) is 0.395. The van der Waals surface area contributed by atoms with Gasteiger partial charge in [-0.3, -0.25) is 0 Å². The van der Waals surface area contributed by atoms with Crippen LogP contribution in [0.25, 0.3) is 0 Å². The van der Waals surface area contributed by atoms with Gasteiger partial charge in [0.15, 0.2) is 0 Å². The fraction of sp³-hybridized carbons (Fsp3) is 0.150. The molecule has 27 heavy (non-hydrogen) atoms. The minimum atomic E-state index is -3.85. The van der Waals surface area contributed by atoms with Crippen molar-refractivity contribution >= 4 is 31.7 Å². The Morgan fingerprint density at radius 3 is 2.19 bits per heavy atom. The van der Waals surface area contributed by atoms with Gasteiger partial charge in [-0.25, -0.2) is 13.2 Å². The predicted octanol–water partition coefficient (Wildman–Crippen LogP) is 5.22. The van der Waals surface area contributed by atoms with Crippen molar-refractivity contribution in [3.8, 4) is 5.75 Å². The van der Waals surface area contributed by atoms with Crippen LogP contribution in [0.1, 0.15) is 35.9 Å². The van der Waals surface area contributed by atoms with Gasteiger partial charge >= 0.3 is 5.97 Å². The fourth-order valence-electron chi connectivity index (χ4n) is 2.38. The molecule has 0 atom stereocenters. The van der Waals surface area contributed by atoms with Crippen molar-refractivity contribution in [2.75, 3.05) is 0 Å². The van der Waals surface area contributed by atoms with E-state index in [0.29, 0.717) is 11.7 Å². The van der Waals surface area contributed by atoms with Crippen molar-refractivity contribution in [3.05, 3.63) is 76.5 Å². The molecule has 0 spiro atoms. The molecule has 0 N–H and O–H groups in total. The molecule has 1 aromatic heterocycles. The van der Waals surface area contributed by atoms with Crippen LogP contribution in [-0.2, 0) is 9.84 Å². The molecule has 0 aliphatic heterocycles. The number of carbonyl (C=O) groups excluding carboxylic acids is 1. The molecule has 3 aromatic rings. The van der Waals surface area contributed by atoms with E-state index in [2.05, 4.69) is 29.8 Å². The molecule has 0 aliphatic carbocycles. The molecule has 5 nitrogen and oxygen atoms in total. The van der Waals surface area contributed by atoms with E-state index in [-0.39, 0.29) is 15.7 Å². The molecule has 0 fully saturated rings. The summed E-state index contributed by atoms with van der Waals surface area (Å²) >= 11 is 3.26. The third-order valence-electron chi connectivity index (χ3n) is 3.93. The van der Waals surface area contributed by atoms with E-state index >= 15 is 0 Å². The number of esters is 1. The fourth-order valence-corrected chi connectivity index (χ4v) is 3.82. The van der Waals surface area contributed by atoms with Crippen molar-refractivity contribution in [1.82, 2.24) is 0 Å². The third kappa shape index (κ3) is 4.31. The number of benzene rings is 2. The average Bonchev–Trinajstić information content (AvgIpc) is 3.14. The highest BCUT2D eigenvalue weighted by molar-refractivity contribution is 9.10. The molecule has 0 saturated heterocycles. The molecule has 0 radical (unpaired) electrons. The van der Waals surface area contributed by atoms with E-state index in [1.807, 2.05) is 12.1 Å². The summed E-state index contributed by atoms with van der Waals surface area (Å²) in [7, 11) is -3.85. The summed E-state index contributed by atoms with van der Waals surface area (Å²) in [6, 6.07) is 15.8. The van der Waals surface area contributed by atoms with E-state index in [1.54, 1.807) is 24.3 Å². The number of halogens is 1. The zero-order valence-corrected chi connectivity index (χ0v) is 17.1. The molecule has 140 valence electrons. The molecule has 0 unspecified atom stereocenters. The molecule has 3 rings (SSSR count). The SMILES string of the molecule is CC(C)c1ccc(OC(=O)c2ccc(S(=O)(=O)c3ccc(Br)cc3)o2)cc1. The number of ether oxygens (including phenoxy) is 1. The largest absolute Gasteiger partial charge is 0.437 e. The first-order valence-electron chi connectivity index (χ1n) is 8.20. The summed E-state index contributed by atoms with van der Waals surface area (Å²) in [5, 5.41) is -0.313. The lowest BCUT2D eigenvalue weighted by molar-refractivity contribution is 0.0695. The summed E-state index contributed by atoms with van der Waals surface area (Å²) in [6.07, 6.45) is 0. The van der Waals surface area contributed by atoms with Gasteiger partial charge < -0.3 is 9.15 Å². The number of carbonyl (C=O) groups is 1. The van der Waals surface area contributed by atoms with E-state index < -0.39 is 15.8 Å². The highest BCUT2D eigenvalue weighted by Gasteiger charge is 2.24. The lowest BCUT2D eigenvalue weighted by Gasteiger charge is -2.07. The molecule has 0 amide bonds. The van der Waals surface area contributed by atoms with Crippen LogP contribution in [0.2, 0.25) is 0 Å². The van der Waals surface area contributed by atoms with Crippen LogP contribution in [0.4, 0.5) is 0 Å². The van der Waals surface area contributed by atoms with Crippen LogP contribution in [0.3, 0.4) is 0 Å². The second-order valence-corrected chi connectivity index (χ2v) is 8.99. The van der Waals surface area contributed by atoms with Crippen LogP contribution < -0.4 is 4.74 Å². The Balaban J connectivity index is 1.78. The zero-order chi connectivity index (χ0) is 19.6. The normalized spacial score (nSPS) is 11.6. The Morgan fingerprint density at radius 2 is 1.59 bits per heavy atom. The lowest BCUT2D eigenvalue weighted by Crippen LogP contribution is -2.07. The molecular formula is C20H17BrO5S. The highest BCUT2D eigenvalue weighted by atomic mass is 79.9. The first kappa shape index (κ1) is 19.4. The molecular weight excluding hydrogens is 432 g/mol. The molecule has 0 aliphatic rings. The maximum atomic E-state index is 12.6. The van der Waals surface area contributed by atoms with Gasteiger partial charge in [0, 0.05) is 4.47 Å². The van der Waals surface area contributed by atoms with Gasteiger partial charge in [-0.05, 0) is 60.0 Å². The minimum absolute atomic E-state index is 0.0734. The molecule has 0 bridgehead atoms. The Morgan fingerprint density at radius 1 is 0.963 bits per heavy atom. The average molecular weight is 449 g/mol. The molecule has 2 aromatic carbocycles. The van der Waals surface area contributed by atoms with Gasteiger partial charge in [0.1, 0.15) is 5.75 Å². The van der Waals surface area contributed by atoms with Crippen LogP contribution in [0, 0.1) is 0 Å². The second kappa shape index (κ2) is 7.70. The highest BCUT2D eigenvalue weighted by Crippen LogP contribution is 2.25. The molecule has 7 heteroatoms. The van der Waals surface area contributed by atoms with Crippen LogP contribution in [0.5, 0.6) is 5.75 Å². The zero-order valence-electron chi connectivity index (χ0n) is 14.7. The van der Waals surface area contributed by atoms with Gasteiger partial charge in [-0.2, -0.15) is 0 Å². The first-order valence-corrected chi connectivity index (χ1v) is 10.5. The smallest absolute Gasteiger partial charge is 0.379 e. The van der Waals surface area contributed by atoms with Crippen molar-refractivity contribution in [3.63, 3.8) is 0 Å². The maximum absolute atomic E-state index is 12.6. The van der Waals surface area contributed by atoms with Gasteiger partial charge in [-0.15, -0.1) is 0 Å². The summed E-state index contributed by atoms with van der Waals surface area (Å²) in [5.74, 6) is -0.215. The van der Waals surface area contributed by atoms with E-state index in [4.69, 9.17) is 9.15 Å². The number of hydrogen-bond donors (Lipinski definition) is 0. The standard InChI is InChI=1S/C20H17BrO5S/c1-13(2)14-3-7-16(8-4-14)25-20(22)18-11-12-19(26-18)27(23,24)17-9-5-15(21)6-10-17/h3-13H,1-2H3. The predicted molar refractivity (Wildman–Crippen MR) is 104 cm³/mol. The van der Waals surface area contributed by atoms with E-state index in [1.165, 1.54) is 24.3 Å². The number of furan rings is 1. The summed E-state index contributed by atoms with van der Waals surface area (Å²) < 4.78 is 36.4. The van der Waals surface area contributed by atoms with Crippen LogP contribution in [-0.4, -0.2) is 14.4 Å². The first-order chi connectivity index (χ1) is 12.8. The third-order valence-corrected chi connectivity index (χ3v) is 6.10. The minimum Gasteiger partial charge on any atom is -0.437 e. The summed E-state index contributed by atoms with van der Waals surface area (Å²) in [6.45, 7) is 4.13. The van der Waals surface area contributed by atoms with Crippen molar-refractivity contribution in [1.29, 1.82) is 0 Å². The monoisotopic (exact) mass is 448 g/mol. The summed E-state index contributed by atoms with van der Waals surface area (Å²) in [5.41, 5.74) is 1.12. The number of hydrogen-bond acceptors (Lipinski definition) is 5. The molecule has 0 saturated carbocycles. The Bertz CT molecular complexity index is 1050. The van der Waals surface area contributed by atoms with Gasteiger partial charge in [-0.1, -0.05) is 41.9 Å². The maximum Gasteiger partial charge on any atom is 0.379 e. The van der Waals surface area contributed by atoms with Crippen LogP contribution >= 0.6 is 15.9 Å². The van der Waals surface area contributed by atoms with E-state index in [9.17, 15) is 13.2 Å². The van der Waals surface area contributed by atoms with Gasteiger partial charge in [0.2, 0.25) is 20.7 Å². The van der Waals surface area contributed by atoms with Gasteiger partial charge in [0.25, 0.3) is 0 Å². The molecule has 1 heterocycles. The Hall–Kier alpha value is -2.38. The Kier molecular flexibility index (Phi) is 5.53. The van der Waals surface area contributed by atoms with E-state index in [0.717, 1.165) is 10.0 Å². The van der Waals surface area contributed by atoms with Crippen molar-refractivity contribution in [2.24, 2.45) is 0 Å². The topological polar surface area (TPSA) is 73.6 Å². The number of sulfone groups is 1. The Labute approximate surface area is 166 Å². The summed E-state index contributed by atoms with van der Waals surface area (Å²) in [4.78, 5) is 12.3. The second-order valence-electron chi connectivity index (χ2n) is 6.19. The van der Waals surface area contributed by atoms with Gasteiger partial charge in [0.05, 0.1) is 4.90 Å². The lowest BCUT2D eigenvalue weighted by atomic mass is 10.0. The van der Waals surface area contributed by atoms with Crippen LogP contribution in [0.15, 0.2) is 79.5 Å².